The van der Waals surface area contributed by atoms with Gasteiger partial charge in [-0.25, -0.2) is 17.9 Å². The molecule has 9 nitrogen and oxygen atoms in total. The summed E-state index contributed by atoms with van der Waals surface area (Å²) in [4.78, 5) is 25.4. The van der Waals surface area contributed by atoms with Crippen molar-refractivity contribution in [2.75, 3.05) is 24.8 Å². The van der Waals surface area contributed by atoms with E-state index in [4.69, 9.17) is 21.1 Å². The molecule has 0 saturated heterocycles. The number of unbranched alkanes of at least 4 members (excludes halogenated alkanes) is 11. The van der Waals surface area contributed by atoms with Gasteiger partial charge in [0.25, 0.3) is 5.56 Å². The second-order valence-electron chi connectivity index (χ2n) is 12.0. The third kappa shape index (κ3) is 11.8. The lowest BCUT2D eigenvalue weighted by atomic mass is 10.0. The van der Waals surface area contributed by atoms with Crippen LogP contribution >= 0.6 is 11.6 Å². The van der Waals surface area contributed by atoms with Crippen molar-refractivity contribution in [3.63, 3.8) is 0 Å². The number of hydrogen-bond donors (Lipinski definition) is 2. The Bertz CT molecular complexity index is 1560. The number of nitrogens with one attached hydrogen (secondary N) is 2. The van der Waals surface area contributed by atoms with Gasteiger partial charge in [0.2, 0.25) is 0 Å². The standard InChI is InChI=1S/C35H50ClN3O6S/c1-5-6-7-8-9-10-11-12-13-14-15-16-17-28-25-31(36)26(2)24-32(28)44-22-23-45-35(41)37-33-27(3)34(40)39(38-33)29-18-20-30(21-19-29)46(4,42)43/h18-21,24-25,38H,5-17,22-23H2,1-4H3,(H,37,41). The maximum atomic E-state index is 12.7. The van der Waals surface area contributed by atoms with Crippen molar-refractivity contribution in [1.82, 2.24) is 9.78 Å². The first kappa shape index (κ1) is 37.2. The Kier molecular flexibility index (Phi) is 15.2. The highest BCUT2D eigenvalue weighted by Gasteiger charge is 2.16. The van der Waals surface area contributed by atoms with E-state index in [-0.39, 0.29) is 35.0 Å². The molecule has 2 aromatic carbocycles. The highest BCUT2D eigenvalue weighted by Crippen LogP contribution is 2.28. The van der Waals surface area contributed by atoms with Crippen molar-refractivity contribution < 1.29 is 22.7 Å². The largest absolute Gasteiger partial charge is 0.490 e. The fraction of sp³-hybridized carbons (Fsp3) is 0.543. The molecule has 1 amide bonds. The lowest BCUT2D eigenvalue weighted by Gasteiger charge is -2.14. The first-order chi connectivity index (χ1) is 22.0. The Hall–Kier alpha value is -3.24. The Balaban J connectivity index is 1.42. The van der Waals surface area contributed by atoms with E-state index in [0.717, 1.165) is 36.0 Å². The van der Waals surface area contributed by atoms with Gasteiger partial charge in [0, 0.05) is 11.3 Å². The zero-order valence-electron chi connectivity index (χ0n) is 27.8. The van der Waals surface area contributed by atoms with E-state index in [1.165, 1.54) is 99.6 Å². The fourth-order valence-corrected chi connectivity index (χ4v) is 6.09. The number of carbonyl (C=O) groups excluding carboxylic acids is 1. The van der Waals surface area contributed by atoms with Gasteiger partial charge in [-0.1, -0.05) is 89.2 Å². The van der Waals surface area contributed by atoms with Gasteiger partial charge >= 0.3 is 6.09 Å². The minimum atomic E-state index is -3.37. The molecule has 11 heteroatoms. The molecule has 2 N–H and O–H groups in total. The van der Waals surface area contributed by atoms with Crippen molar-refractivity contribution in [1.29, 1.82) is 0 Å². The molecule has 0 fully saturated rings. The topological polar surface area (TPSA) is 119 Å². The SMILES string of the molecule is CCCCCCCCCCCCCCc1cc(Cl)c(C)cc1OCCOC(=O)Nc1[nH]n(-c2ccc(S(C)(=O)=O)cc2)c(=O)c1C. The van der Waals surface area contributed by atoms with Crippen molar-refractivity contribution >= 4 is 33.3 Å². The second-order valence-corrected chi connectivity index (χ2v) is 14.4. The zero-order chi connectivity index (χ0) is 33.5. The van der Waals surface area contributed by atoms with Crippen LogP contribution in [-0.2, 0) is 21.0 Å². The van der Waals surface area contributed by atoms with Gasteiger partial charge in [-0.15, -0.1) is 0 Å². The molecule has 0 radical (unpaired) electrons. The monoisotopic (exact) mass is 675 g/mol. The van der Waals surface area contributed by atoms with Gasteiger partial charge in [-0.2, -0.15) is 0 Å². The van der Waals surface area contributed by atoms with Crippen LogP contribution in [0.5, 0.6) is 5.75 Å². The third-order valence-corrected chi connectivity index (χ3v) is 9.62. The lowest BCUT2D eigenvalue weighted by Crippen LogP contribution is -2.18. The number of H-pyrrole nitrogens is 1. The average molecular weight is 676 g/mol. The highest BCUT2D eigenvalue weighted by atomic mass is 35.5. The summed E-state index contributed by atoms with van der Waals surface area (Å²) in [5.41, 5.74) is 2.28. The van der Waals surface area contributed by atoms with E-state index in [9.17, 15) is 18.0 Å². The van der Waals surface area contributed by atoms with E-state index in [1.807, 2.05) is 19.1 Å². The normalized spacial score (nSPS) is 11.5. The number of ether oxygens (including phenoxy) is 2. The van der Waals surface area contributed by atoms with Gasteiger partial charge in [-0.3, -0.25) is 15.2 Å². The number of anilines is 1. The summed E-state index contributed by atoms with van der Waals surface area (Å²) in [5, 5.41) is 6.11. The van der Waals surface area contributed by atoms with Crippen molar-refractivity contribution in [2.45, 2.75) is 109 Å². The van der Waals surface area contributed by atoms with Crippen LogP contribution in [-0.4, -0.2) is 43.8 Å². The number of sulfone groups is 1. The first-order valence-corrected chi connectivity index (χ1v) is 18.8. The summed E-state index contributed by atoms with van der Waals surface area (Å²) in [6.07, 6.45) is 16.8. The minimum Gasteiger partial charge on any atom is -0.490 e. The van der Waals surface area contributed by atoms with Gasteiger partial charge in [-0.05, 0) is 74.2 Å². The molecule has 254 valence electrons. The number of aryl methyl sites for hydroxylation is 2. The van der Waals surface area contributed by atoms with Crippen molar-refractivity contribution in [3.05, 3.63) is 68.5 Å². The second kappa shape index (κ2) is 18.8. The molecule has 0 saturated carbocycles. The summed E-state index contributed by atoms with van der Waals surface area (Å²) in [5.74, 6) is 0.925. The number of amides is 1. The van der Waals surface area contributed by atoms with E-state index in [1.54, 1.807) is 6.92 Å². The smallest absolute Gasteiger partial charge is 0.412 e. The van der Waals surface area contributed by atoms with Gasteiger partial charge < -0.3 is 9.47 Å². The Labute approximate surface area is 278 Å². The Morgan fingerprint density at radius 2 is 1.48 bits per heavy atom. The van der Waals surface area contributed by atoms with E-state index in [2.05, 4.69) is 17.3 Å². The van der Waals surface area contributed by atoms with Crippen LogP contribution in [0.4, 0.5) is 10.6 Å². The van der Waals surface area contributed by atoms with Gasteiger partial charge in [0.15, 0.2) is 9.84 Å². The zero-order valence-corrected chi connectivity index (χ0v) is 29.3. The van der Waals surface area contributed by atoms with Gasteiger partial charge in [0.1, 0.15) is 24.8 Å². The predicted octanol–water partition coefficient (Wildman–Crippen LogP) is 8.71. The lowest BCUT2D eigenvalue weighted by molar-refractivity contribution is 0.137. The molecule has 1 aromatic heterocycles. The molecule has 0 unspecified atom stereocenters. The average Bonchev–Trinajstić information content (AvgIpc) is 3.29. The van der Waals surface area contributed by atoms with E-state index in [0.29, 0.717) is 10.7 Å². The molecule has 0 atom stereocenters. The summed E-state index contributed by atoms with van der Waals surface area (Å²) in [7, 11) is -3.37. The fourth-order valence-electron chi connectivity index (χ4n) is 5.27. The molecule has 0 aliphatic heterocycles. The Morgan fingerprint density at radius 1 is 0.891 bits per heavy atom. The predicted molar refractivity (Wildman–Crippen MR) is 186 cm³/mol. The molecule has 0 aliphatic carbocycles. The third-order valence-electron chi connectivity index (χ3n) is 8.09. The molecular weight excluding hydrogens is 626 g/mol. The summed E-state index contributed by atoms with van der Waals surface area (Å²) < 4.78 is 36.0. The molecule has 46 heavy (non-hydrogen) atoms. The number of benzene rings is 2. The number of carbonyl (C=O) groups is 1. The Morgan fingerprint density at radius 3 is 2.07 bits per heavy atom. The molecule has 0 aliphatic rings. The quantitative estimate of drug-likeness (QED) is 0.116. The van der Waals surface area contributed by atoms with Crippen LogP contribution < -0.4 is 15.6 Å². The first-order valence-electron chi connectivity index (χ1n) is 16.5. The van der Waals surface area contributed by atoms with Crippen LogP contribution in [0.2, 0.25) is 5.02 Å². The summed E-state index contributed by atoms with van der Waals surface area (Å²) in [6, 6.07) is 9.76. The molecule has 3 rings (SSSR count). The molecular formula is C35H50ClN3O6S. The van der Waals surface area contributed by atoms with Crippen LogP contribution in [0.1, 0.15) is 101 Å². The van der Waals surface area contributed by atoms with Crippen LogP contribution in [0, 0.1) is 13.8 Å². The maximum absolute atomic E-state index is 12.7. The van der Waals surface area contributed by atoms with E-state index >= 15 is 0 Å². The summed E-state index contributed by atoms with van der Waals surface area (Å²) >= 11 is 6.42. The molecule has 3 aromatic rings. The van der Waals surface area contributed by atoms with Crippen molar-refractivity contribution in [2.24, 2.45) is 0 Å². The maximum Gasteiger partial charge on any atom is 0.412 e. The summed E-state index contributed by atoms with van der Waals surface area (Å²) in [6.45, 7) is 5.92. The number of aromatic amines is 1. The molecule has 0 bridgehead atoms. The number of hydrogen-bond acceptors (Lipinski definition) is 6. The minimum absolute atomic E-state index is 0.00247. The highest BCUT2D eigenvalue weighted by molar-refractivity contribution is 7.90. The van der Waals surface area contributed by atoms with Crippen LogP contribution in [0.15, 0.2) is 46.1 Å². The number of nitrogens with zero attached hydrogens (tertiary/aromatic N) is 1. The number of rotatable bonds is 20. The van der Waals surface area contributed by atoms with Crippen molar-refractivity contribution in [3.8, 4) is 11.4 Å². The van der Waals surface area contributed by atoms with E-state index < -0.39 is 15.9 Å². The molecule has 1 heterocycles. The van der Waals surface area contributed by atoms with Crippen LogP contribution in [0.25, 0.3) is 5.69 Å². The number of aromatic nitrogens is 2. The van der Waals surface area contributed by atoms with Crippen LogP contribution in [0.3, 0.4) is 0 Å². The number of halogens is 1. The molecule has 0 spiro atoms. The van der Waals surface area contributed by atoms with Gasteiger partial charge in [0.05, 0.1) is 16.1 Å².